The number of nitrogens with one attached hydrogen (secondary N) is 1. The van der Waals surface area contributed by atoms with Gasteiger partial charge in [0, 0.05) is 36.8 Å². The fraction of sp³-hybridized carbons (Fsp3) is 0.440. The van der Waals surface area contributed by atoms with Crippen LogP contribution in [0.2, 0.25) is 0 Å². The maximum absolute atomic E-state index is 12.6. The van der Waals surface area contributed by atoms with Gasteiger partial charge in [-0.25, -0.2) is 8.42 Å². The number of likely N-dealkylation sites (tertiary alicyclic amines) is 1. The van der Waals surface area contributed by atoms with Crippen LogP contribution in [0.3, 0.4) is 0 Å². The number of rotatable bonds is 9. The molecule has 1 fully saturated rings. The lowest BCUT2D eigenvalue weighted by molar-refractivity contribution is -0.123. The van der Waals surface area contributed by atoms with Crippen molar-refractivity contribution in [2.45, 2.75) is 44.0 Å². The van der Waals surface area contributed by atoms with Crippen LogP contribution in [0, 0.1) is 5.92 Å². The number of benzene rings is 2. The number of nitrogens with two attached hydrogens (primary N) is 1. The van der Waals surface area contributed by atoms with Crippen molar-refractivity contribution in [3.63, 3.8) is 0 Å². The molecular weight excluding hydrogens is 452 g/mol. The van der Waals surface area contributed by atoms with E-state index in [0.29, 0.717) is 11.3 Å². The minimum atomic E-state index is -3.59. The van der Waals surface area contributed by atoms with Crippen molar-refractivity contribution in [2.75, 3.05) is 32.0 Å². The van der Waals surface area contributed by atoms with Gasteiger partial charge in [-0.2, -0.15) is 4.31 Å². The zero-order chi connectivity index (χ0) is 24.9. The lowest BCUT2D eigenvalue weighted by Gasteiger charge is -2.30. The highest BCUT2D eigenvalue weighted by Gasteiger charge is 2.24. The summed E-state index contributed by atoms with van der Waals surface area (Å²) in [6, 6.07) is 13.5. The van der Waals surface area contributed by atoms with Crippen molar-refractivity contribution < 1.29 is 18.0 Å². The van der Waals surface area contributed by atoms with Crippen LogP contribution >= 0.6 is 0 Å². The fourth-order valence-electron chi connectivity index (χ4n) is 3.91. The summed E-state index contributed by atoms with van der Waals surface area (Å²) in [7, 11) is -2.05. The lowest BCUT2D eigenvalue weighted by atomic mass is 9.96. The second kappa shape index (κ2) is 11.1. The molecule has 184 valence electrons. The summed E-state index contributed by atoms with van der Waals surface area (Å²) >= 11 is 0. The fourth-order valence-corrected chi connectivity index (χ4v) is 5.28. The zero-order valence-corrected chi connectivity index (χ0v) is 20.8. The Bertz CT molecular complexity index is 1090. The first kappa shape index (κ1) is 25.9. The molecule has 0 radical (unpaired) electrons. The first-order valence-corrected chi connectivity index (χ1v) is 13.0. The zero-order valence-electron chi connectivity index (χ0n) is 20.0. The van der Waals surface area contributed by atoms with Gasteiger partial charge in [-0.05, 0) is 88.2 Å². The molecule has 0 bridgehead atoms. The van der Waals surface area contributed by atoms with Gasteiger partial charge in [0.25, 0.3) is 5.91 Å². The number of primary amides is 1. The van der Waals surface area contributed by atoms with Gasteiger partial charge in [0.15, 0.2) is 0 Å². The van der Waals surface area contributed by atoms with Gasteiger partial charge in [0.2, 0.25) is 15.9 Å². The molecule has 9 heteroatoms. The average molecular weight is 487 g/mol. The number of amides is 2. The molecule has 0 saturated carbocycles. The number of nitrogens with zero attached hydrogens (tertiary/aromatic N) is 2. The molecule has 1 aliphatic rings. The van der Waals surface area contributed by atoms with Crippen molar-refractivity contribution in [1.29, 1.82) is 0 Å². The normalized spacial score (nSPS) is 15.6. The van der Waals surface area contributed by atoms with Gasteiger partial charge in [-0.15, -0.1) is 0 Å². The summed E-state index contributed by atoms with van der Waals surface area (Å²) in [5.41, 5.74) is 7.62. The first-order valence-electron chi connectivity index (χ1n) is 11.6. The highest BCUT2D eigenvalue weighted by atomic mass is 32.2. The molecule has 2 amide bonds. The summed E-state index contributed by atoms with van der Waals surface area (Å²) in [4.78, 5) is 26.4. The Balaban J connectivity index is 1.52. The van der Waals surface area contributed by atoms with Crippen LogP contribution in [0.15, 0.2) is 53.4 Å². The van der Waals surface area contributed by atoms with Gasteiger partial charge in [-0.3, -0.25) is 9.59 Å². The number of carbonyl (C=O) groups excluding carboxylic acids is 2. The summed E-state index contributed by atoms with van der Waals surface area (Å²) in [6.07, 6.45) is 2.53. The minimum absolute atomic E-state index is 0.00104. The van der Waals surface area contributed by atoms with Gasteiger partial charge in [0.05, 0.1) is 4.90 Å². The van der Waals surface area contributed by atoms with Crippen molar-refractivity contribution in [2.24, 2.45) is 11.7 Å². The van der Waals surface area contributed by atoms with Crippen LogP contribution in [0.25, 0.3) is 0 Å². The van der Waals surface area contributed by atoms with Gasteiger partial charge >= 0.3 is 0 Å². The van der Waals surface area contributed by atoms with E-state index in [2.05, 4.69) is 10.2 Å². The Hall–Kier alpha value is -2.75. The molecule has 34 heavy (non-hydrogen) atoms. The van der Waals surface area contributed by atoms with Gasteiger partial charge in [-0.1, -0.05) is 12.1 Å². The van der Waals surface area contributed by atoms with Gasteiger partial charge in [0.1, 0.15) is 0 Å². The Morgan fingerprint density at radius 3 is 2.18 bits per heavy atom. The average Bonchev–Trinajstić information content (AvgIpc) is 2.83. The number of piperidine rings is 1. The number of anilines is 1. The highest BCUT2D eigenvalue weighted by molar-refractivity contribution is 7.89. The van der Waals surface area contributed by atoms with Crippen LogP contribution in [-0.2, 0) is 21.2 Å². The molecule has 0 spiro atoms. The third-order valence-electron chi connectivity index (χ3n) is 6.44. The van der Waals surface area contributed by atoms with Gasteiger partial charge < -0.3 is 16.0 Å². The van der Waals surface area contributed by atoms with E-state index in [0.717, 1.165) is 38.9 Å². The molecule has 2 aromatic rings. The molecule has 0 atom stereocenters. The van der Waals surface area contributed by atoms with Crippen molar-refractivity contribution in [3.8, 4) is 0 Å². The van der Waals surface area contributed by atoms with E-state index < -0.39 is 10.0 Å². The van der Waals surface area contributed by atoms with Crippen molar-refractivity contribution in [1.82, 2.24) is 9.21 Å². The van der Waals surface area contributed by atoms with E-state index in [-0.39, 0.29) is 28.7 Å². The van der Waals surface area contributed by atoms with E-state index in [4.69, 9.17) is 5.73 Å². The predicted octanol–water partition coefficient (Wildman–Crippen LogP) is 2.71. The second-order valence-corrected chi connectivity index (χ2v) is 11.1. The highest BCUT2D eigenvalue weighted by Crippen LogP contribution is 2.19. The molecular formula is C25H34N4O4S. The number of hydrogen-bond acceptors (Lipinski definition) is 5. The second-order valence-electron chi connectivity index (χ2n) is 9.06. The van der Waals surface area contributed by atoms with Crippen LogP contribution in [0.5, 0.6) is 0 Å². The smallest absolute Gasteiger partial charge is 0.255 e. The Morgan fingerprint density at radius 1 is 1.06 bits per heavy atom. The molecule has 1 heterocycles. The van der Waals surface area contributed by atoms with Crippen molar-refractivity contribution in [3.05, 3.63) is 59.7 Å². The first-order chi connectivity index (χ1) is 16.1. The standard InChI is InChI=1S/C25H34N4O4S/c1-18(2)28(3)34(32,33)23-10-6-21(7-11-23)25(31)27-22-8-4-19(5-9-22)12-15-29-16-13-20(14-17-29)24(26)30/h4-11,18,20H,12-17H2,1-3H3,(H2,26,30)(H,27,31). The van der Waals surface area contributed by atoms with E-state index in [9.17, 15) is 18.0 Å². The monoisotopic (exact) mass is 486 g/mol. The Morgan fingerprint density at radius 2 is 1.65 bits per heavy atom. The third-order valence-corrected chi connectivity index (χ3v) is 8.49. The predicted molar refractivity (Wildman–Crippen MR) is 133 cm³/mol. The minimum Gasteiger partial charge on any atom is -0.369 e. The number of hydrogen-bond donors (Lipinski definition) is 2. The molecule has 0 aliphatic carbocycles. The van der Waals surface area contributed by atoms with Crippen molar-refractivity contribution >= 4 is 27.5 Å². The molecule has 3 N–H and O–H groups in total. The van der Waals surface area contributed by atoms with Crippen LogP contribution < -0.4 is 11.1 Å². The molecule has 2 aromatic carbocycles. The summed E-state index contributed by atoms with van der Waals surface area (Å²) < 4.78 is 26.5. The molecule has 3 rings (SSSR count). The molecule has 0 unspecified atom stereocenters. The topological polar surface area (TPSA) is 113 Å². The summed E-state index contributed by atoms with van der Waals surface area (Å²) in [5, 5.41) is 2.85. The number of carbonyl (C=O) groups is 2. The van der Waals surface area contributed by atoms with E-state index in [1.165, 1.54) is 41.2 Å². The van der Waals surface area contributed by atoms with Crippen LogP contribution in [0.1, 0.15) is 42.6 Å². The Kier molecular flexibility index (Phi) is 8.46. The Labute approximate surface area is 202 Å². The SMILES string of the molecule is CC(C)N(C)S(=O)(=O)c1ccc(C(=O)Nc2ccc(CCN3CCC(C(N)=O)CC3)cc2)cc1. The maximum Gasteiger partial charge on any atom is 0.255 e. The summed E-state index contributed by atoms with van der Waals surface area (Å²) in [5.74, 6) is -0.496. The lowest BCUT2D eigenvalue weighted by Crippen LogP contribution is -2.39. The van der Waals surface area contributed by atoms with Crippen LogP contribution in [-0.4, -0.2) is 62.2 Å². The largest absolute Gasteiger partial charge is 0.369 e. The molecule has 0 aromatic heterocycles. The number of sulfonamides is 1. The third kappa shape index (κ3) is 6.43. The maximum atomic E-state index is 12.6. The van der Waals surface area contributed by atoms with E-state index in [1.54, 1.807) is 13.8 Å². The van der Waals surface area contributed by atoms with Crippen LogP contribution in [0.4, 0.5) is 5.69 Å². The molecule has 8 nitrogen and oxygen atoms in total. The quantitative estimate of drug-likeness (QED) is 0.566. The van der Waals surface area contributed by atoms with E-state index >= 15 is 0 Å². The molecule has 1 aliphatic heterocycles. The summed E-state index contributed by atoms with van der Waals surface area (Å²) in [6.45, 7) is 6.29. The van der Waals surface area contributed by atoms with E-state index in [1.807, 2.05) is 24.3 Å². The molecule has 1 saturated heterocycles.